The Morgan fingerprint density at radius 1 is 0.956 bits per heavy atom. The third kappa shape index (κ3) is 5.17. The molecular weight excluding hydrogens is 573 g/mol. The first kappa shape index (κ1) is 29.2. The average Bonchev–Trinajstić information content (AvgIpc) is 3.08. The Bertz CT molecular complexity index is 1760. The first-order valence-electron chi connectivity index (χ1n) is 15.6. The summed E-state index contributed by atoms with van der Waals surface area (Å²) in [5.74, 6) is 0.775. The number of fused-ring (bicyclic) bond motifs is 6. The van der Waals surface area contributed by atoms with Gasteiger partial charge in [-0.05, 0) is 48.9 Å². The summed E-state index contributed by atoms with van der Waals surface area (Å²) < 4.78 is 46.4. The number of unbranched alkanes of at least 4 members (excludes halogenated alkanes) is 2. The summed E-state index contributed by atoms with van der Waals surface area (Å²) in [6.07, 6.45) is 6.62. The number of rotatable bonds is 8. The lowest BCUT2D eigenvalue weighted by atomic mass is 9.82. The van der Waals surface area contributed by atoms with Crippen LogP contribution in [0.5, 0.6) is 17.2 Å². The predicted molar refractivity (Wildman–Crippen MR) is 171 cm³/mol. The molecule has 7 rings (SSSR count). The monoisotopic (exact) mass is 609 g/mol. The molecule has 45 heavy (non-hydrogen) atoms. The van der Waals surface area contributed by atoms with Crippen molar-refractivity contribution in [1.29, 1.82) is 0 Å². The predicted octanol–water partition coefficient (Wildman–Crippen LogP) is 7.63. The van der Waals surface area contributed by atoms with E-state index in [0.29, 0.717) is 72.2 Å². The van der Waals surface area contributed by atoms with E-state index < -0.39 is 23.7 Å². The molecule has 0 radical (unpaired) electrons. The number of nitrogens with zero attached hydrogens (tertiary/aromatic N) is 1. The van der Waals surface area contributed by atoms with Crippen molar-refractivity contribution in [3.05, 3.63) is 101 Å². The van der Waals surface area contributed by atoms with E-state index in [0.717, 1.165) is 35.7 Å². The van der Waals surface area contributed by atoms with E-state index in [-0.39, 0.29) is 0 Å². The molecule has 3 aliphatic rings. The highest BCUT2D eigenvalue weighted by molar-refractivity contribution is 6.09. The highest BCUT2D eigenvalue weighted by Crippen LogP contribution is 2.51. The number of esters is 1. The van der Waals surface area contributed by atoms with E-state index in [9.17, 15) is 4.79 Å². The molecule has 232 valence electrons. The second kappa shape index (κ2) is 12.1. The van der Waals surface area contributed by atoms with Gasteiger partial charge in [-0.3, -0.25) is 0 Å². The molecular formula is C37H36FNO6. The molecule has 0 spiro atoms. The van der Waals surface area contributed by atoms with Crippen LogP contribution in [0.15, 0.2) is 72.8 Å². The first-order chi connectivity index (χ1) is 22.0. The van der Waals surface area contributed by atoms with Crippen LogP contribution in [0.1, 0.15) is 59.7 Å². The Morgan fingerprint density at radius 2 is 1.71 bits per heavy atom. The SMILES string of the molecule is CCCCCC1OC(=O)c2c3c(c4ccccc4c2O1)OC(c1ccc(OC)cc1)(c1ccc(N2CCOCC2)cc1F)C=C3. The smallest absolute Gasteiger partial charge is 0.345 e. The van der Waals surface area contributed by atoms with Crippen molar-refractivity contribution >= 4 is 28.5 Å². The molecule has 4 aromatic rings. The number of cyclic esters (lactones) is 1. The van der Waals surface area contributed by atoms with Gasteiger partial charge in [0.2, 0.25) is 6.29 Å². The van der Waals surface area contributed by atoms with Crippen molar-refractivity contribution in [2.45, 2.75) is 44.5 Å². The average molecular weight is 610 g/mol. The maximum Gasteiger partial charge on any atom is 0.345 e. The van der Waals surface area contributed by atoms with Crippen LogP contribution in [0.25, 0.3) is 16.8 Å². The van der Waals surface area contributed by atoms with Crippen molar-refractivity contribution in [1.82, 2.24) is 0 Å². The third-order valence-electron chi connectivity index (χ3n) is 8.89. The van der Waals surface area contributed by atoms with Gasteiger partial charge < -0.3 is 28.6 Å². The zero-order chi connectivity index (χ0) is 31.0. The van der Waals surface area contributed by atoms with Crippen molar-refractivity contribution < 1.29 is 32.9 Å². The lowest BCUT2D eigenvalue weighted by molar-refractivity contribution is -0.0639. The maximum absolute atomic E-state index is 16.4. The first-order valence-corrected chi connectivity index (χ1v) is 15.6. The van der Waals surface area contributed by atoms with E-state index in [1.807, 2.05) is 66.7 Å². The minimum absolute atomic E-state index is 0.318. The molecule has 2 atom stereocenters. The number of carbonyl (C=O) groups is 1. The second-order valence-corrected chi connectivity index (χ2v) is 11.6. The van der Waals surface area contributed by atoms with Crippen LogP contribution in [-0.2, 0) is 15.1 Å². The van der Waals surface area contributed by atoms with Gasteiger partial charge in [0.25, 0.3) is 0 Å². The number of ether oxygens (including phenoxy) is 5. The van der Waals surface area contributed by atoms with Gasteiger partial charge in [-0.1, -0.05) is 56.2 Å². The number of benzene rings is 4. The van der Waals surface area contributed by atoms with Crippen LogP contribution < -0.4 is 19.1 Å². The van der Waals surface area contributed by atoms with Gasteiger partial charge in [0.05, 0.1) is 20.3 Å². The molecule has 3 heterocycles. The minimum atomic E-state index is -1.34. The third-order valence-corrected chi connectivity index (χ3v) is 8.89. The molecule has 0 aliphatic carbocycles. The number of methoxy groups -OCH3 is 1. The molecule has 1 fully saturated rings. The highest BCUT2D eigenvalue weighted by atomic mass is 19.1. The summed E-state index contributed by atoms with van der Waals surface area (Å²) in [5, 5.41) is 1.51. The lowest BCUT2D eigenvalue weighted by Crippen LogP contribution is -2.38. The number of morpholine rings is 1. The van der Waals surface area contributed by atoms with Crippen LogP contribution in [0.4, 0.5) is 10.1 Å². The number of hydrogen-bond acceptors (Lipinski definition) is 7. The molecule has 8 heteroatoms. The Labute approximate surface area is 262 Å². The standard InChI is InChI=1S/C37H36FNO6/c1-3-4-5-10-32-43-35-28-9-7-6-8-27(28)34-29(33(35)36(40)44-32)17-18-37(45-34,24-11-14-26(41-2)15-12-24)30-16-13-25(23-31(30)38)39-19-21-42-22-20-39/h6-9,11-18,23,32H,3-5,10,19-22H2,1-2H3. The van der Waals surface area contributed by atoms with Gasteiger partial charge in [-0.25, -0.2) is 9.18 Å². The number of anilines is 1. The van der Waals surface area contributed by atoms with Crippen molar-refractivity contribution in [2.24, 2.45) is 0 Å². The zero-order valence-electron chi connectivity index (χ0n) is 25.5. The zero-order valence-corrected chi connectivity index (χ0v) is 25.5. The van der Waals surface area contributed by atoms with Gasteiger partial charge in [-0.15, -0.1) is 0 Å². The van der Waals surface area contributed by atoms with Crippen LogP contribution in [0.3, 0.4) is 0 Å². The van der Waals surface area contributed by atoms with Crippen LogP contribution >= 0.6 is 0 Å². The van der Waals surface area contributed by atoms with Gasteiger partial charge in [-0.2, -0.15) is 0 Å². The maximum atomic E-state index is 16.4. The molecule has 2 unspecified atom stereocenters. The van der Waals surface area contributed by atoms with Crippen LogP contribution in [0.2, 0.25) is 0 Å². The molecule has 0 saturated carbocycles. The van der Waals surface area contributed by atoms with E-state index in [4.69, 9.17) is 23.7 Å². The molecule has 1 saturated heterocycles. The molecule has 3 aliphatic heterocycles. The van der Waals surface area contributed by atoms with Crippen molar-refractivity contribution in [3.8, 4) is 17.2 Å². The fraction of sp³-hybridized carbons (Fsp3) is 0.324. The Hall–Kier alpha value is -4.56. The number of carbonyl (C=O) groups excluding carboxylic acids is 1. The molecule has 7 nitrogen and oxygen atoms in total. The van der Waals surface area contributed by atoms with Crippen LogP contribution in [-0.4, -0.2) is 45.7 Å². The van der Waals surface area contributed by atoms with E-state index in [2.05, 4.69) is 11.8 Å². The van der Waals surface area contributed by atoms with Gasteiger partial charge in [0.1, 0.15) is 28.6 Å². The van der Waals surface area contributed by atoms with Gasteiger partial charge >= 0.3 is 5.97 Å². The molecule has 0 bridgehead atoms. The number of hydrogen-bond donors (Lipinski definition) is 0. The topological polar surface area (TPSA) is 66.5 Å². The van der Waals surface area contributed by atoms with E-state index in [1.54, 1.807) is 19.2 Å². The Balaban J connectivity index is 1.38. The van der Waals surface area contributed by atoms with Gasteiger partial charge in [0, 0.05) is 52.7 Å². The molecule has 4 aromatic carbocycles. The second-order valence-electron chi connectivity index (χ2n) is 11.6. The van der Waals surface area contributed by atoms with Crippen LogP contribution in [0, 0.1) is 5.82 Å². The summed E-state index contributed by atoms with van der Waals surface area (Å²) in [4.78, 5) is 15.7. The summed E-state index contributed by atoms with van der Waals surface area (Å²) in [5.41, 5.74) is 1.38. The molecule has 0 aromatic heterocycles. The normalized spacial score (nSPS) is 20.6. The lowest BCUT2D eigenvalue weighted by Gasteiger charge is -2.38. The fourth-order valence-electron chi connectivity index (χ4n) is 6.51. The summed E-state index contributed by atoms with van der Waals surface area (Å²) >= 11 is 0. The van der Waals surface area contributed by atoms with E-state index >= 15 is 4.39 Å². The largest absolute Gasteiger partial charge is 0.497 e. The minimum Gasteiger partial charge on any atom is -0.497 e. The summed E-state index contributed by atoms with van der Waals surface area (Å²) in [6.45, 7) is 4.73. The van der Waals surface area contributed by atoms with Gasteiger partial charge in [0.15, 0.2) is 5.60 Å². The summed E-state index contributed by atoms with van der Waals surface area (Å²) in [6, 6.07) is 20.4. The fourth-order valence-corrected chi connectivity index (χ4v) is 6.51. The van der Waals surface area contributed by atoms with Crippen molar-refractivity contribution in [3.63, 3.8) is 0 Å². The molecule has 0 amide bonds. The number of halogens is 1. The highest BCUT2D eigenvalue weighted by Gasteiger charge is 2.43. The summed E-state index contributed by atoms with van der Waals surface area (Å²) in [7, 11) is 1.60. The molecule has 0 N–H and O–H groups in total. The quantitative estimate of drug-likeness (QED) is 0.150. The Kier molecular flexibility index (Phi) is 7.83. The van der Waals surface area contributed by atoms with E-state index in [1.165, 1.54) is 0 Å². The Morgan fingerprint density at radius 3 is 2.42 bits per heavy atom. The van der Waals surface area contributed by atoms with Crippen molar-refractivity contribution in [2.75, 3.05) is 38.3 Å².